The first-order valence-corrected chi connectivity index (χ1v) is 6.28. The zero-order valence-corrected chi connectivity index (χ0v) is 11.5. The highest BCUT2D eigenvalue weighted by Gasteiger charge is 2.14. The van der Waals surface area contributed by atoms with Gasteiger partial charge >= 0.3 is 12.0 Å². The summed E-state index contributed by atoms with van der Waals surface area (Å²) in [5.41, 5.74) is 0. The normalized spacial score (nSPS) is 10.5. The van der Waals surface area contributed by atoms with Crippen molar-refractivity contribution in [2.45, 2.75) is 27.3 Å². The number of furan rings is 1. The third-order valence-electron chi connectivity index (χ3n) is 2.54. The summed E-state index contributed by atoms with van der Waals surface area (Å²) in [5, 5.41) is 11.4. The van der Waals surface area contributed by atoms with Gasteiger partial charge in [0, 0.05) is 13.1 Å². The number of rotatable bonds is 6. The number of hydrogen-bond donors (Lipinski definition) is 2. The molecule has 6 nitrogen and oxygen atoms in total. The van der Waals surface area contributed by atoms with Gasteiger partial charge in [0.1, 0.15) is 5.76 Å². The zero-order valence-electron chi connectivity index (χ0n) is 11.5. The Morgan fingerprint density at radius 1 is 1.42 bits per heavy atom. The van der Waals surface area contributed by atoms with Crippen LogP contribution < -0.4 is 5.32 Å². The Bertz CT molecular complexity index is 440. The Labute approximate surface area is 112 Å². The predicted octanol–water partition coefficient (Wildman–Crippen LogP) is 2.17. The van der Waals surface area contributed by atoms with Crippen LogP contribution in [0.25, 0.3) is 0 Å². The van der Waals surface area contributed by atoms with Crippen LogP contribution in [-0.2, 0) is 6.54 Å². The van der Waals surface area contributed by atoms with Gasteiger partial charge in [-0.3, -0.25) is 0 Å². The summed E-state index contributed by atoms with van der Waals surface area (Å²) in [6.07, 6.45) is 0. The van der Waals surface area contributed by atoms with E-state index in [1.807, 2.05) is 20.8 Å². The summed E-state index contributed by atoms with van der Waals surface area (Å²) >= 11 is 0. The Morgan fingerprint density at radius 2 is 2.11 bits per heavy atom. The molecule has 2 N–H and O–H groups in total. The maximum Gasteiger partial charge on any atom is 0.371 e. The van der Waals surface area contributed by atoms with Crippen LogP contribution in [0.4, 0.5) is 4.79 Å². The molecule has 1 heterocycles. The number of carboxylic acid groups (broad SMARTS) is 1. The van der Waals surface area contributed by atoms with Gasteiger partial charge in [0.2, 0.25) is 5.76 Å². The van der Waals surface area contributed by atoms with Gasteiger partial charge in [-0.2, -0.15) is 0 Å². The number of amides is 2. The zero-order chi connectivity index (χ0) is 14.4. The predicted molar refractivity (Wildman–Crippen MR) is 70.0 cm³/mol. The van der Waals surface area contributed by atoms with Gasteiger partial charge in [-0.05, 0) is 25.0 Å². The first-order chi connectivity index (χ1) is 8.93. The highest BCUT2D eigenvalue weighted by Crippen LogP contribution is 2.07. The Balaban J connectivity index is 2.50. The lowest BCUT2D eigenvalue weighted by atomic mass is 10.2. The molecule has 0 aliphatic heterocycles. The number of nitrogens with zero attached hydrogens (tertiary/aromatic N) is 1. The van der Waals surface area contributed by atoms with Crippen LogP contribution in [0.1, 0.15) is 37.1 Å². The second-order valence-electron chi connectivity index (χ2n) is 4.66. The van der Waals surface area contributed by atoms with Crippen molar-refractivity contribution < 1.29 is 19.1 Å². The molecule has 19 heavy (non-hydrogen) atoms. The van der Waals surface area contributed by atoms with Gasteiger partial charge < -0.3 is 19.7 Å². The molecule has 0 saturated carbocycles. The topological polar surface area (TPSA) is 82.8 Å². The quantitative estimate of drug-likeness (QED) is 0.828. The van der Waals surface area contributed by atoms with E-state index in [-0.39, 0.29) is 18.3 Å². The minimum atomic E-state index is -1.12. The molecule has 0 saturated heterocycles. The second-order valence-corrected chi connectivity index (χ2v) is 4.66. The first-order valence-electron chi connectivity index (χ1n) is 6.28. The highest BCUT2D eigenvalue weighted by molar-refractivity contribution is 5.84. The summed E-state index contributed by atoms with van der Waals surface area (Å²) < 4.78 is 5.06. The van der Waals surface area contributed by atoms with E-state index in [4.69, 9.17) is 9.52 Å². The van der Waals surface area contributed by atoms with Crippen LogP contribution in [0.3, 0.4) is 0 Å². The first kappa shape index (κ1) is 15.1. The molecule has 0 aliphatic carbocycles. The van der Waals surface area contributed by atoms with Crippen LogP contribution in [-0.4, -0.2) is 35.1 Å². The van der Waals surface area contributed by atoms with Crippen molar-refractivity contribution in [1.29, 1.82) is 0 Å². The van der Waals surface area contributed by atoms with Crippen LogP contribution >= 0.6 is 0 Å². The van der Waals surface area contributed by atoms with Crippen molar-refractivity contribution in [3.63, 3.8) is 0 Å². The molecule has 0 aromatic carbocycles. The molecule has 0 aliphatic rings. The molecule has 1 aromatic heterocycles. The number of urea groups is 1. The van der Waals surface area contributed by atoms with E-state index in [1.54, 1.807) is 11.0 Å². The van der Waals surface area contributed by atoms with Crippen molar-refractivity contribution in [1.82, 2.24) is 10.2 Å². The second kappa shape index (κ2) is 6.82. The molecule has 2 amide bonds. The SMILES string of the molecule is CCN(CC(C)C)C(=O)NCc1ccc(C(=O)O)o1. The molecule has 0 atom stereocenters. The maximum atomic E-state index is 11.9. The molecule has 0 bridgehead atoms. The molecule has 1 aromatic rings. The van der Waals surface area contributed by atoms with Gasteiger partial charge in [0.25, 0.3) is 0 Å². The fourth-order valence-electron chi connectivity index (χ4n) is 1.66. The van der Waals surface area contributed by atoms with Crippen LogP contribution in [0.2, 0.25) is 0 Å². The van der Waals surface area contributed by atoms with Gasteiger partial charge in [0.05, 0.1) is 6.54 Å². The van der Waals surface area contributed by atoms with E-state index in [1.165, 1.54) is 6.07 Å². The van der Waals surface area contributed by atoms with E-state index in [0.29, 0.717) is 24.8 Å². The Hall–Kier alpha value is -1.98. The fourth-order valence-corrected chi connectivity index (χ4v) is 1.66. The third kappa shape index (κ3) is 4.65. The lowest BCUT2D eigenvalue weighted by Gasteiger charge is -2.22. The number of carbonyl (C=O) groups is 2. The van der Waals surface area contributed by atoms with Gasteiger partial charge in [-0.25, -0.2) is 9.59 Å². The van der Waals surface area contributed by atoms with Crippen LogP contribution in [0.15, 0.2) is 16.5 Å². The number of hydrogen-bond acceptors (Lipinski definition) is 3. The largest absolute Gasteiger partial charge is 0.475 e. The minimum absolute atomic E-state index is 0.126. The summed E-state index contributed by atoms with van der Waals surface area (Å²) in [6, 6.07) is 2.74. The third-order valence-corrected chi connectivity index (χ3v) is 2.54. The molecular weight excluding hydrogens is 248 g/mol. The smallest absolute Gasteiger partial charge is 0.371 e. The van der Waals surface area contributed by atoms with Crippen LogP contribution in [0.5, 0.6) is 0 Å². The Morgan fingerprint density at radius 3 is 2.58 bits per heavy atom. The van der Waals surface area contributed by atoms with Gasteiger partial charge in [-0.1, -0.05) is 13.8 Å². The van der Waals surface area contributed by atoms with E-state index in [9.17, 15) is 9.59 Å². The van der Waals surface area contributed by atoms with Crippen molar-refractivity contribution in [2.24, 2.45) is 5.92 Å². The summed E-state index contributed by atoms with van der Waals surface area (Å²) in [6.45, 7) is 7.49. The summed E-state index contributed by atoms with van der Waals surface area (Å²) in [7, 11) is 0. The van der Waals surface area contributed by atoms with Gasteiger partial charge in [-0.15, -0.1) is 0 Å². The molecule has 0 unspecified atom stereocenters. The lowest BCUT2D eigenvalue weighted by Crippen LogP contribution is -2.41. The molecule has 106 valence electrons. The van der Waals surface area contributed by atoms with Crippen molar-refractivity contribution in [2.75, 3.05) is 13.1 Å². The molecule has 0 fully saturated rings. The number of nitrogens with one attached hydrogen (secondary N) is 1. The van der Waals surface area contributed by atoms with Gasteiger partial charge in [0.15, 0.2) is 0 Å². The molecule has 0 spiro atoms. The van der Waals surface area contributed by atoms with E-state index < -0.39 is 5.97 Å². The number of carboxylic acids is 1. The Kier molecular flexibility index (Phi) is 5.41. The molecule has 1 rings (SSSR count). The summed E-state index contributed by atoms with van der Waals surface area (Å²) in [4.78, 5) is 24.2. The van der Waals surface area contributed by atoms with E-state index in [0.717, 1.165) is 0 Å². The molecule has 6 heteroatoms. The monoisotopic (exact) mass is 268 g/mol. The average molecular weight is 268 g/mol. The van der Waals surface area contributed by atoms with Crippen molar-refractivity contribution in [3.05, 3.63) is 23.7 Å². The number of carbonyl (C=O) groups excluding carboxylic acids is 1. The average Bonchev–Trinajstić information content (AvgIpc) is 2.81. The number of aromatic carboxylic acids is 1. The fraction of sp³-hybridized carbons (Fsp3) is 0.538. The van der Waals surface area contributed by atoms with Crippen LogP contribution in [0, 0.1) is 5.92 Å². The standard InChI is InChI=1S/C13H20N2O4/c1-4-15(8-9(2)3)13(18)14-7-10-5-6-11(19-10)12(16)17/h5-6,9H,4,7-8H2,1-3H3,(H,14,18)(H,16,17). The highest BCUT2D eigenvalue weighted by atomic mass is 16.4. The summed E-state index contributed by atoms with van der Waals surface area (Å²) in [5.74, 6) is -0.425. The van der Waals surface area contributed by atoms with Crippen molar-refractivity contribution >= 4 is 12.0 Å². The lowest BCUT2D eigenvalue weighted by molar-refractivity contribution is 0.0660. The molecule has 0 radical (unpaired) electrons. The van der Waals surface area contributed by atoms with Crippen molar-refractivity contribution in [3.8, 4) is 0 Å². The van der Waals surface area contributed by atoms with E-state index in [2.05, 4.69) is 5.32 Å². The molecular formula is C13H20N2O4. The maximum absolute atomic E-state index is 11.9. The minimum Gasteiger partial charge on any atom is -0.475 e. The van der Waals surface area contributed by atoms with E-state index >= 15 is 0 Å².